The second kappa shape index (κ2) is 9.01. The summed E-state index contributed by atoms with van der Waals surface area (Å²) in [6.07, 6.45) is 9.70. The molecular weight excluding hydrogens is 300 g/mol. The Hall–Kier alpha value is -0.630. The highest BCUT2D eigenvalue weighted by Gasteiger charge is 2.17. The van der Waals surface area contributed by atoms with Gasteiger partial charge in [0.25, 0.3) is 0 Å². The molecule has 0 saturated heterocycles. The first-order valence-electron chi connectivity index (χ1n) is 9.46. The van der Waals surface area contributed by atoms with Gasteiger partial charge in [0, 0.05) is 16.6 Å². The molecule has 130 valence electrons. The molecule has 0 bridgehead atoms. The average molecular weight is 335 g/mol. The van der Waals surface area contributed by atoms with Crippen molar-refractivity contribution < 1.29 is 5.11 Å². The monoisotopic (exact) mass is 334 g/mol. The molecule has 23 heavy (non-hydrogen) atoms. The van der Waals surface area contributed by atoms with Crippen molar-refractivity contribution in [1.82, 2.24) is 0 Å². The third kappa shape index (κ3) is 5.45. The predicted molar refractivity (Wildman–Crippen MR) is 104 cm³/mol. The van der Waals surface area contributed by atoms with Crippen LogP contribution in [0.3, 0.4) is 0 Å². The van der Waals surface area contributed by atoms with Crippen LogP contribution in [-0.4, -0.2) is 10.4 Å². The van der Waals surface area contributed by atoms with E-state index in [0.717, 1.165) is 22.1 Å². The third-order valence-corrected chi connectivity index (χ3v) is 6.48. The lowest BCUT2D eigenvalue weighted by atomic mass is 9.92. The first kappa shape index (κ1) is 18.7. The molecule has 1 aliphatic carbocycles. The van der Waals surface area contributed by atoms with Crippen LogP contribution >= 0.6 is 11.8 Å². The Morgan fingerprint density at radius 1 is 0.957 bits per heavy atom. The SMILES string of the molecule is CC(C)c1cc(CSC2CCCCCCC2)c(O)c(C(C)C)c1. The van der Waals surface area contributed by atoms with E-state index in [1.54, 1.807) is 0 Å². The molecule has 0 heterocycles. The average Bonchev–Trinajstić information content (AvgIpc) is 2.46. The summed E-state index contributed by atoms with van der Waals surface area (Å²) in [7, 11) is 0. The van der Waals surface area contributed by atoms with Crippen LogP contribution in [0, 0.1) is 0 Å². The first-order valence-corrected chi connectivity index (χ1v) is 10.5. The number of thioether (sulfide) groups is 1. The van der Waals surface area contributed by atoms with E-state index >= 15 is 0 Å². The van der Waals surface area contributed by atoms with Crippen molar-refractivity contribution in [1.29, 1.82) is 0 Å². The molecule has 0 radical (unpaired) electrons. The molecule has 0 unspecified atom stereocenters. The highest BCUT2D eigenvalue weighted by Crippen LogP contribution is 2.37. The predicted octanol–water partition coefficient (Wildman–Crippen LogP) is 6.99. The van der Waals surface area contributed by atoms with Gasteiger partial charge >= 0.3 is 0 Å². The largest absolute Gasteiger partial charge is 0.507 e. The molecule has 1 N–H and O–H groups in total. The van der Waals surface area contributed by atoms with E-state index in [1.165, 1.54) is 50.5 Å². The molecule has 1 saturated carbocycles. The van der Waals surface area contributed by atoms with Crippen molar-refractivity contribution in [2.24, 2.45) is 0 Å². The minimum Gasteiger partial charge on any atom is -0.507 e. The van der Waals surface area contributed by atoms with Crippen LogP contribution in [-0.2, 0) is 5.75 Å². The van der Waals surface area contributed by atoms with Crippen molar-refractivity contribution in [3.05, 3.63) is 28.8 Å². The minimum absolute atomic E-state index is 0.374. The zero-order valence-electron chi connectivity index (χ0n) is 15.4. The summed E-state index contributed by atoms with van der Waals surface area (Å²) in [5.74, 6) is 2.39. The number of benzene rings is 1. The molecule has 0 spiro atoms. The van der Waals surface area contributed by atoms with Gasteiger partial charge in [-0.3, -0.25) is 0 Å². The smallest absolute Gasteiger partial charge is 0.123 e. The lowest BCUT2D eigenvalue weighted by Gasteiger charge is -2.21. The molecule has 0 aliphatic heterocycles. The summed E-state index contributed by atoms with van der Waals surface area (Å²) >= 11 is 2.07. The van der Waals surface area contributed by atoms with E-state index in [9.17, 15) is 5.11 Å². The third-order valence-electron chi connectivity index (χ3n) is 5.06. The Morgan fingerprint density at radius 2 is 1.57 bits per heavy atom. The van der Waals surface area contributed by atoms with Crippen LogP contribution in [0.25, 0.3) is 0 Å². The zero-order valence-corrected chi connectivity index (χ0v) is 16.2. The molecule has 1 nitrogen and oxygen atoms in total. The van der Waals surface area contributed by atoms with Gasteiger partial charge in [0.1, 0.15) is 5.75 Å². The quantitative estimate of drug-likeness (QED) is 0.626. The number of hydrogen-bond donors (Lipinski definition) is 1. The standard InChI is InChI=1S/C21H34OS/c1-15(2)17-12-18(21(22)20(13-17)16(3)4)14-23-19-10-8-6-5-7-9-11-19/h12-13,15-16,19,22H,5-11,14H2,1-4H3. The maximum absolute atomic E-state index is 10.7. The van der Waals surface area contributed by atoms with Crippen LogP contribution in [0.2, 0.25) is 0 Å². The summed E-state index contributed by atoms with van der Waals surface area (Å²) in [4.78, 5) is 0. The molecule has 1 aromatic rings. The fourth-order valence-corrected chi connectivity index (χ4v) is 4.72. The van der Waals surface area contributed by atoms with E-state index < -0.39 is 0 Å². The van der Waals surface area contributed by atoms with Crippen LogP contribution in [0.5, 0.6) is 5.75 Å². The Balaban J connectivity index is 2.11. The van der Waals surface area contributed by atoms with Gasteiger partial charge in [-0.1, -0.05) is 71.9 Å². The Bertz CT molecular complexity index is 485. The van der Waals surface area contributed by atoms with Gasteiger partial charge in [0.15, 0.2) is 0 Å². The fourth-order valence-electron chi connectivity index (χ4n) is 3.42. The molecule has 2 heteroatoms. The van der Waals surface area contributed by atoms with Gasteiger partial charge in [-0.2, -0.15) is 11.8 Å². The van der Waals surface area contributed by atoms with Gasteiger partial charge < -0.3 is 5.11 Å². The minimum atomic E-state index is 0.374. The summed E-state index contributed by atoms with van der Waals surface area (Å²) in [6, 6.07) is 4.44. The second-order valence-electron chi connectivity index (χ2n) is 7.71. The number of hydrogen-bond acceptors (Lipinski definition) is 2. The number of rotatable bonds is 5. The van der Waals surface area contributed by atoms with Crippen molar-refractivity contribution >= 4 is 11.8 Å². The van der Waals surface area contributed by atoms with Gasteiger partial charge in [0.2, 0.25) is 0 Å². The van der Waals surface area contributed by atoms with E-state index in [-0.39, 0.29) is 0 Å². The van der Waals surface area contributed by atoms with E-state index in [4.69, 9.17) is 0 Å². The van der Waals surface area contributed by atoms with Gasteiger partial charge in [0.05, 0.1) is 0 Å². The molecular formula is C21H34OS. The van der Waals surface area contributed by atoms with Crippen molar-refractivity contribution in [3.8, 4) is 5.75 Å². The molecule has 0 amide bonds. The highest BCUT2D eigenvalue weighted by molar-refractivity contribution is 7.99. The summed E-state index contributed by atoms with van der Waals surface area (Å²) in [6.45, 7) is 8.82. The lowest BCUT2D eigenvalue weighted by molar-refractivity contribution is 0.459. The van der Waals surface area contributed by atoms with Crippen LogP contribution in [0.4, 0.5) is 0 Å². The van der Waals surface area contributed by atoms with Crippen molar-refractivity contribution in [3.63, 3.8) is 0 Å². The molecule has 2 rings (SSSR count). The summed E-state index contributed by atoms with van der Waals surface area (Å²) in [5, 5.41) is 11.5. The second-order valence-corrected chi connectivity index (χ2v) is 8.99. The van der Waals surface area contributed by atoms with Crippen LogP contribution < -0.4 is 0 Å². The van der Waals surface area contributed by atoms with Crippen LogP contribution in [0.15, 0.2) is 12.1 Å². The molecule has 1 aromatic carbocycles. The molecule has 0 atom stereocenters. The Kier molecular flexibility index (Phi) is 7.33. The van der Waals surface area contributed by atoms with Crippen LogP contribution in [0.1, 0.15) is 101 Å². The normalized spacial score (nSPS) is 17.5. The molecule has 0 aromatic heterocycles. The first-order chi connectivity index (χ1) is 11.0. The highest BCUT2D eigenvalue weighted by atomic mass is 32.2. The molecule has 1 fully saturated rings. The van der Waals surface area contributed by atoms with E-state index in [0.29, 0.717) is 17.6 Å². The van der Waals surface area contributed by atoms with E-state index in [1.807, 2.05) is 0 Å². The number of aromatic hydroxyl groups is 1. The van der Waals surface area contributed by atoms with Crippen molar-refractivity contribution in [2.45, 2.75) is 95.5 Å². The van der Waals surface area contributed by atoms with Crippen molar-refractivity contribution in [2.75, 3.05) is 0 Å². The summed E-state index contributed by atoms with van der Waals surface area (Å²) < 4.78 is 0. The number of phenolic OH excluding ortho intramolecular Hbond substituents is 1. The molecule has 1 aliphatic rings. The lowest BCUT2D eigenvalue weighted by Crippen LogP contribution is -2.06. The fraction of sp³-hybridized carbons (Fsp3) is 0.714. The maximum Gasteiger partial charge on any atom is 0.123 e. The topological polar surface area (TPSA) is 20.2 Å². The number of phenols is 1. The van der Waals surface area contributed by atoms with E-state index in [2.05, 4.69) is 51.6 Å². The Labute approximate surface area is 147 Å². The van der Waals surface area contributed by atoms with Gasteiger partial charge in [-0.15, -0.1) is 0 Å². The van der Waals surface area contributed by atoms with Gasteiger partial charge in [-0.25, -0.2) is 0 Å². The maximum atomic E-state index is 10.7. The van der Waals surface area contributed by atoms with Gasteiger partial charge in [-0.05, 0) is 35.8 Å². The Morgan fingerprint density at radius 3 is 2.13 bits per heavy atom. The zero-order chi connectivity index (χ0) is 16.8. The summed E-state index contributed by atoms with van der Waals surface area (Å²) in [5.41, 5.74) is 3.62.